The van der Waals surface area contributed by atoms with E-state index in [9.17, 15) is 4.79 Å². The summed E-state index contributed by atoms with van der Waals surface area (Å²) < 4.78 is 1.52. The lowest BCUT2D eigenvalue weighted by molar-refractivity contribution is 0.102. The van der Waals surface area contributed by atoms with Gasteiger partial charge in [-0.1, -0.05) is 5.21 Å². The molecule has 0 radical (unpaired) electrons. The molecule has 0 fully saturated rings. The van der Waals surface area contributed by atoms with Gasteiger partial charge in [0.1, 0.15) is 0 Å². The monoisotopic (exact) mass is 282 g/mol. The molecule has 0 saturated heterocycles. The first-order chi connectivity index (χ1) is 10.0. The van der Waals surface area contributed by atoms with Crippen molar-refractivity contribution in [1.82, 2.24) is 25.0 Å². The van der Waals surface area contributed by atoms with Crippen molar-refractivity contribution in [3.63, 3.8) is 0 Å². The molecule has 0 saturated carbocycles. The number of carbonyl (C=O) groups excluding carboxylic acids is 1. The number of nitrogens with one attached hydrogen (secondary N) is 1. The fraction of sp³-hybridized carbons (Fsp3) is 0.214. The molecule has 1 N–H and O–H groups in total. The molecule has 0 spiro atoms. The summed E-state index contributed by atoms with van der Waals surface area (Å²) >= 11 is 0. The zero-order valence-electron chi connectivity index (χ0n) is 12.0. The standard InChI is InChI=1S/C14H14N6O/c1-8-9(2)16-12-6-10(4-5-11(12)15-8)14(21)17-13-7-20(3)19-18-13/h4-7H,1-3H3,(H,17,21). The molecule has 0 aliphatic heterocycles. The second-order valence-electron chi connectivity index (χ2n) is 4.83. The number of nitrogens with zero attached hydrogens (tertiary/aromatic N) is 5. The summed E-state index contributed by atoms with van der Waals surface area (Å²) in [6, 6.07) is 5.23. The van der Waals surface area contributed by atoms with Gasteiger partial charge in [-0.3, -0.25) is 9.48 Å². The van der Waals surface area contributed by atoms with Gasteiger partial charge in [-0.25, -0.2) is 9.97 Å². The number of aryl methyl sites for hydroxylation is 3. The summed E-state index contributed by atoms with van der Waals surface area (Å²) in [5, 5.41) is 10.3. The van der Waals surface area contributed by atoms with Crippen molar-refractivity contribution in [1.29, 1.82) is 0 Å². The van der Waals surface area contributed by atoms with Crippen molar-refractivity contribution in [2.45, 2.75) is 13.8 Å². The van der Waals surface area contributed by atoms with E-state index in [4.69, 9.17) is 0 Å². The topological polar surface area (TPSA) is 85.6 Å². The fourth-order valence-electron chi connectivity index (χ4n) is 1.97. The van der Waals surface area contributed by atoms with Crippen molar-refractivity contribution < 1.29 is 4.79 Å². The van der Waals surface area contributed by atoms with Crippen molar-refractivity contribution in [3.05, 3.63) is 41.3 Å². The number of fused-ring (bicyclic) bond motifs is 1. The molecule has 7 nitrogen and oxygen atoms in total. The van der Waals surface area contributed by atoms with Gasteiger partial charge in [0.25, 0.3) is 5.91 Å². The lowest BCUT2D eigenvalue weighted by Crippen LogP contribution is -2.12. The molecule has 0 aliphatic rings. The maximum atomic E-state index is 12.2. The number of benzene rings is 1. The highest BCUT2D eigenvalue weighted by Crippen LogP contribution is 2.15. The average molecular weight is 282 g/mol. The Morgan fingerprint density at radius 2 is 1.86 bits per heavy atom. The van der Waals surface area contributed by atoms with Crippen molar-refractivity contribution in [2.24, 2.45) is 7.05 Å². The van der Waals surface area contributed by atoms with Crippen LogP contribution in [0.3, 0.4) is 0 Å². The van der Waals surface area contributed by atoms with Gasteiger partial charge in [0.05, 0.1) is 28.6 Å². The van der Waals surface area contributed by atoms with E-state index in [-0.39, 0.29) is 5.91 Å². The second kappa shape index (κ2) is 4.93. The Hall–Kier alpha value is -2.83. The van der Waals surface area contributed by atoms with Crippen LogP contribution in [-0.4, -0.2) is 30.9 Å². The number of carbonyl (C=O) groups is 1. The third-order valence-corrected chi connectivity index (χ3v) is 3.18. The quantitative estimate of drug-likeness (QED) is 0.772. The first-order valence-electron chi connectivity index (χ1n) is 6.45. The Kier molecular flexibility index (Phi) is 3.09. The van der Waals surface area contributed by atoms with Gasteiger partial charge in [0.2, 0.25) is 0 Å². The number of amides is 1. The molecule has 3 rings (SSSR count). The van der Waals surface area contributed by atoms with Crippen LogP contribution in [0.1, 0.15) is 21.7 Å². The van der Waals surface area contributed by atoms with E-state index >= 15 is 0 Å². The Balaban J connectivity index is 1.93. The summed E-state index contributed by atoms with van der Waals surface area (Å²) in [7, 11) is 1.74. The molecule has 2 heterocycles. The van der Waals surface area contributed by atoms with Crippen LogP contribution in [0.5, 0.6) is 0 Å². The van der Waals surface area contributed by atoms with Gasteiger partial charge in [0.15, 0.2) is 5.82 Å². The van der Waals surface area contributed by atoms with Crippen LogP contribution in [0.25, 0.3) is 11.0 Å². The third-order valence-electron chi connectivity index (χ3n) is 3.18. The van der Waals surface area contributed by atoms with Crippen LogP contribution >= 0.6 is 0 Å². The molecule has 7 heteroatoms. The Morgan fingerprint density at radius 1 is 1.14 bits per heavy atom. The lowest BCUT2D eigenvalue weighted by Gasteiger charge is -2.05. The smallest absolute Gasteiger partial charge is 0.256 e. The molecular weight excluding hydrogens is 268 g/mol. The second-order valence-corrected chi connectivity index (χ2v) is 4.83. The minimum Gasteiger partial charge on any atom is -0.304 e. The Morgan fingerprint density at radius 3 is 2.52 bits per heavy atom. The normalized spacial score (nSPS) is 10.8. The summed E-state index contributed by atoms with van der Waals surface area (Å²) in [5.74, 6) is 0.159. The van der Waals surface area contributed by atoms with E-state index in [1.807, 2.05) is 13.8 Å². The Bertz CT molecular complexity index is 839. The molecule has 0 unspecified atom stereocenters. The molecule has 1 aromatic carbocycles. The van der Waals surface area contributed by atoms with E-state index in [1.165, 1.54) is 4.68 Å². The van der Waals surface area contributed by atoms with Crippen LogP contribution in [0, 0.1) is 13.8 Å². The number of hydrogen-bond acceptors (Lipinski definition) is 5. The SMILES string of the molecule is Cc1nc2ccc(C(=O)Nc3cn(C)nn3)cc2nc1C. The van der Waals surface area contributed by atoms with Crippen LogP contribution < -0.4 is 5.32 Å². The summed E-state index contributed by atoms with van der Waals surface area (Å²) in [5.41, 5.74) is 3.72. The van der Waals surface area contributed by atoms with Gasteiger partial charge >= 0.3 is 0 Å². The minimum absolute atomic E-state index is 0.252. The van der Waals surface area contributed by atoms with Gasteiger partial charge in [-0.2, -0.15) is 0 Å². The van der Waals surface area contributed by atoms with Crippen molar-refractivity contribution in [3.8, 4) is 0 Å². The first-order valence-corrected chi connectivity index (χ1v) is 6.45. The largest absolute Gasteiger partial charge is 0.304 e. The van der Waals surface area contributed by atoms with Crippen molar-refractivity contribution >= 4 is 22.8 Å². The summed E-state index contributed by atoms with van der Waals surface area (Å²) in [6.07, 6.45) is 1.63. The predicted octanol–water partition coefficient (Wildman–Crippen LogP) is 1.63. The zero-order chi connectivity index (χ0) is 15.0. The van der Waals surface area contributed by atoms with E-state index in [1.54, 1.807) is 31.4 Å². The van der Waals surface area contributed by atoms with E-state index in [0.29, 0.717) is 16.9 Å². The van der Waals surface area contributed by atoms with Crippen LogP contribution in [0.2, 0.25) is 0 Å². The molecule has 0 bridgehead atoms. The van der Waals surface area contributed by atoms with Gasteiger partial charge in [0, 0.05) is 12.6 Å². The maximum absolute atomic E-state index is 12.2. The average Bonchev–Trinajstić information content (AvgIpc) is 2.85. The molecule has 3 aromatic rings. The number of hydrogen-bond donors (Lipinski definition) is 1. The van der Waals surface area contributed by atoms with E-state index < -0.39 is 0 Å². The highest BCUT2D eigenvalue weighted by Gasteiger charge is 2.10. The molecule has 21 heavy (non-hydrogen) atoms. The Labute approximate surface area is 121 Å². The highest BCUT2D eigenvalue weighted by atomic mass is 16.1. The zero-order valence-corrected chi connectivity index (χ0v) is 12.0. The first kappa shape index (κ1) is 13.2. The molecule has 2 aromatic heterocycles. The molecule has 106 valence electrons. The molecule has 0 atom stereocenters. The number of aromatic nitrogens is 5. The summed E-state index contributed by atoms with van der Waals surface area (Å²) in [4.78, 5) is 21.1. The van der Waals surface area contributed by atoms with Crippen LogP contribution in [0.4, 0.5) is 5.82 Å². The molecule has 1 amide bonds. The fourth-order valence-corrected chi connectivity index (χ4v) is 1.97. The van der Waals surface area contributed by atoms with Crippen LogP contribution in [-0.2, 0) is 7.05 Å². The summed E-state index contributed by atoms with van der Waals surface area (Å²) in [6.45, 7) is 3.81. The molecule has 0 aliphatic carbocycles. The highest BCUT2D eigenvalue weighted by molar-refractivity contribution is 6.05. The third kappa shape index (κ3) is 2.58. The number of anilines is 1. The van der Waals surface area contributed by atoms with E-state index in [0.717, 1.165) is 16.9 Å². The lowest BCUT2D eigenvalue weighted by atomic mass is 10.1. The van der Waals surface area contributed by atoms with E-state index in [2.05, 4.69) is 25.6 Å². The van der Waals surface area contributed by atoms with Gasteiger partial charge < -0.3 is 5.32 Å². The van der Waals surface area contributed by atoms with Gasteiger partial charge in [-0.05, 0) is 32.0 Å². The number of rotatable bonds is 2. The van der Waals surface area contributed by atoms with Crippen molar-refractivity contribution in [2.75, 3.05) is 5.32 Å². The maximum Gasteiger partial charge on any atom is 0.256 e. The van der Waals surface area contributed by atoms with Gasteiger partial charge in [-0.15, -0.1) is 5.10 Å². The molecular formula is C14H14N6O. The predicted molar refractivity (Wildman–Crippen MR) is 78.0 cm³/mol. The van der Waals surface area contributed by atoms with Crippen LogP contribution in [0.15, 0.2) is 24.4 Å². The minimum atomic E-state index is -0.252.